The molecule has 0 saturated heterocycles. The minimum atomic E-state index is 0. The van der Waals surface area contributed by atoms with Crippen molar-refractivity contribution in [2.24, 2.45) is 0 Å². The molecule has 0 amide bonds. The van der Waals surface area contributed by atoms with Gasteiger partial charge in [-0.3, -0.25) is 4.90 Å². The van der Waals surface area contributed by atoms with Crippen LogP contribution in [0, 0.1) is 0 Å². The zero-order chi connectivity index (χ0) is 13.7. The van der Waals surface area contributed by atoms with Gasteiger partial charge < -0.3 is 9.47 Å². The van der Waals surface area contributed by atoms with E-state index in [4.69, 9.17) is 9.47 Å². The van der Waals surface area contributed by atoms with Crippen LogP contribution in [0.1, 0.15) is 25.3 Å². The lowest BCUT2D eigenvalue weighted by atomic mass is 10.0. The van der Waals surface area contributed by atoms with Gasteiger partial charge in [-0.05, 0) is 42.7 Å². The molecule has 20 heavy (non-hydrogen) atoms. The number of halogens is 1. The normalized spacial score (nSPS) is 15.2. The monoisotopic (exact) mass is 297 g/mol. The van der Waals surface area contributed by atoms with E-state index < -0.39 is 0 Å². The molecule has 112 valence electrons. The third kappa shape index (κ3) is 3.90. The summed E-state index contributed by atoms with van der Waals surface area (Å²) < 4.78 is 10.7. The maximum atomic E-state index is 5.38. The molecule has 0 spiro atoms. The van der Waals surface area contributed by atoms with Gasteiger partial charge in [-0.15, -0.1) is 12.4 Å². The summed E-state index contributed by atoms with van der Waals surface area (Å²) in [7, 11) is 3.35. The van der Waals surface area contributed by atoms with Crippen LogP contribution in [0.4, 0.5) is 0 Å². The molecule has 0 aliphatic carbocycles. The molecule has 1 aliphatic heterocycles. The fourth-order valence-corrected chi connectivity index (χ4v) is 2.56. The van der Waals surface area contributed by atoms with Crippen LogP contribution in [0.3, 0.4) is 0 Å². The number of methoxy groups -OCH3 is 2. The number of benzene rings is 1. The first-order chi connectivity index (χ1) is 9.28. The second-order valence-corrected chi connectivity index (χ2v) is 4.86. The lowest BCUT2D eigenvalue weighted by Gasteiger charge is -2.27. The maximum absolute atomic E-state index is 5.38. The highest BCUT2D eigenvalue weighted by atomic mass is 35.5. The van der Waals surface area contributed by atoms with Gasteiger partial charge in [0.2, 0.25) is 0 Å². The van der Waals surface area contributed by atoms with Gasteiger partial charge in [0.05, 0.1) is 14.2 Å². The van der Waals surface area contributed by atoms with Crippen LogP contribution in [-0.2, 0) is 0 Å². The highest BCUT2D eigenvalue weighted by Gasteiger charge is 2.14. The van der Waals surface area contributed by atoms with Crippen LogP contribution in [0.15, 0.2) is 24.3 Å². The Hall–Kier alpha value is -1.19. The lowest BCUT2D eigenvalue weighted by Crippen LogP contribution is -2.30. The zero-order valence-corrected chi connectivity index (χ0v) is 13.3. The number of rotatable bonds is 5. The van der Waals surface area contributed by atoms with Crippen molar-refractivity contribution in [3.05, 3.63) is 29.8 Å². The maximum Gasteiger partial charge on any atom is 0.161 e. The summed E-state index contributed by atoms with van der Waals surface area (Å²) in [6, 6.07) is 6.16. The van der Waals surface area contributed by atoms with E-state index in [0.717, 1.165) is 24.5 Å². The average molecular weight is 298 g/mol. The molecule has 1 aromatic rings. The fraction of sp³-hybridized carbons (Fsp3) is 0.500. The first-order valence-corrected chi connectivity index (χ1v) is 6.92. The second-order valence-electron chi connectivity index (χ2n) is 4.86. The minimum Gasteiger partial charge on any atom is -0.493 e. The molecule has 1 aromatic carbocycles. The summed E-state index contributed by atoms with van der Waals surface area (Å²) >= 11 is 0. The predicted octanol–water partition coefficient (Wildman–Crippen LogP) is 3.62. The number of hydrogen-bond acceptors (Lipinski definition) is 3. The van der Waals surface area contributed by atoms with Crippen LogP contribution >= 0.6 is 12.4 Å². The SMILES string of the molecule is CCCN1CCC=C(c2ccc(OC)c(OC)c2)C1.Cl. The standard InChI is InChI=1S/C16H23NO2.ClH/c1-4-9-17-10-5-6-14(12-17)13-7-8-15(18-2)16(11-13)19-3;/h6-8,11H,4-5,9-10,12H2,1-3H3;1H. The molecule has 0 unspecified atom stereocenters. The van der Waals surface area contributed by atoms with E-state index >= 15 is 0 Å². The molecule has 0 saturated carbocycles. The van der Waals surface area contributed by atoms with E-state index in [0.29, 0.717) is 0 Å². The first-order valence-electron chi connectivity index (χ1n) is 6.92. The molecule has 1 heterocycles. The van der Waals surface area contributed by atoms with Crippen molar-refractivity contribution in [2.45, 2.75) is 19.8 Å². The van der Waals surface area contributed by atoms with Crippen LogP contribution < -0.4 is 9.47 Å². The van der Waals surface area contributed by atoms with Crippen LogP contribution in [0.25, 0.3) is 5.57 Å². The third-order valence-corrected chi connectivity index (χ3v) is 3.52. The van der Waals surface area contributed by atoms with Gasteiger partial charge >= 0.3 is 0 Å². The Labute approximate surface area is 128 Å². The van der Waals surface area contributed by atoms with E-state index in [2.05, 4.69) is 30.0 Å². The van der Waals surface area contributed by atoms with Gasteiger partial charge in [-0.25, -0.2) is 0 Å². The van der Waals surface area contributed by atoms with Crippen molar-refractivity contribution in [3.63, 3.8) is 0 Å². The van der Waals surface area contributed by atoms with Crippen molar-refractivity contribution in [3.8, 4) is 11.5 Å². The Morgan fingerprint density at radius 1 is 1.15 bits per heavy atom. The molecule has 0 radical (unpaired) electrons. The Bertz CT molecular complexity index is 460. The number of ether oxygens (including phenoxy) is 2. The number of hydrogen-bond donors (Lipinski definition) is 0. The predicted molar refractivity (Wildman–Crippen MR) is 86.1 cm³/mol. The van der Waals surface area contributed by atoms with Gasteiger partial charge in [-0.2, -0.15) is 0 Å². The Morgan fingerprint density at radius 2 is 1.90 bits per heavy atom. The minimum absolute atomic E-state index is 0. The van der Waals surface area contributed by atoms with E-state index in [1.165, 1.54) is 30.6 Å². The second kappa shape index (κ2) is 8.18. The molecule has 0 atom stereocenters. The van der Waals surface area contributed by atoms with E-state index in [9.17, 15) is 0 Å². The van der Waals surface area contributed by atoms with E-state index in [-0.39, 0.29) is 12.4 Å². The summed E-state index contributed by atoms with van der Waals surface area (Å²) in [6.07, 6.45) is 4.68. The molecule has 0 aromatic heterocycles. The van der Waals surface area contributed by atoms with Crippen molar-refractivity contribution < 1.29 is 9.47 Å². The van der Waals surface area contributed by atoms with Crippen LogP contribution in [0.2, 0.25) is 0 Å². The average Bonchev–Trinajstić information content (AvgIpc) is 2.47. The highest BCUT2D eigenvalue weighted by molar-refractivity contribution is 5.85. The molecule has 2 rings (SSSR count). The highest BCUT2D eigenvalue weighted by Crippen LogP contribution is 2.31. The molecule has 3 nitrogen and oxygen atoms in total. The Balaban J connectivity index is 0.00000200. The van der Waals surface area contributed by atoms with Gasteiger partial charge in [0, 0.05) is 13.1 Å². The molecule has 1 aliphatic rings. The van der Waals surface area contributed by atoms with Gasteiger partial charge in [-0.1, -0.05) is 19.1 Å². The lowest BCUT2D eigenvalue weighted by molar-refractivity contribution is 0.305. The van der Waals surface area contributed by atoms with Gasteiger partial charge in [0.1, 0.15) is 0 Å². The first kappa shape index (κ1) is 16.9. The van der Waals surface area contributed by atoms with E-state index in [1.807, 2.05) is 6.07 Å². The summed E-state index contributed by atoms with van der Waals surface area (Å²) in [5.74, 6) is 1.58. The van der Waals surface area contributed by atoms with Crippen molar-refractivity contribution >= 4 is 18.0 Å². The van der Waals surface area contributed by atoms with Crippen molar-refractivity contribution in [1.82, 2.24) is 4.90 Å². The van der Waals surface area contributed by atoms with Gasteiger partial charge in [0.25, 0.3) is 0 Å². The van der Waals surface area contributed by atoms with Crippen LogP contribution in [0.5, 0.6) is 11.5 Å². The third-order valence-electron chi connectivity index (χ3n) is 3.52. The van der Waals surface area contributed by atoms with Crippen LogP contribution in [-0.4, -0.2) is 38.8 Å². The topological polar surface area (TPSA) is 21.7 Å². The molecule has 0 N–H and O–H groups in total. The Kier molecular flexibility index (Phi) is 6.89. The summed E-state index contributed by atoms with van der Waals surface area (Å²) in [6.45, 7) is 5.60. The molecule has 4 heteroatoms. The Morgan fingerprint density at radius 3 is 2.55 bits per heavy atom. The smallest absolute Gasteiger partial charge is 0.161 e. The van der Waals surface area contributed by atoms with E-state index in [1.54, 1.807) is 14.2 Å². The molecule has 0 fully saturated rings. The molecular formula is C16H24ClNO2. The quantitative estimate of drug-likeness (QED) is 0.828. The van der Waals surface area contributed by atoms with Gasteiger partial charge in [0.15, 0.2) is 11.5 Å². The van der Waals surface area contributed by atoms with Crippen molar-refractivity contribution in [1.29, 1.82) is 0 Å². The summed E-state index contributed by atoms with van der Waals surface area (Å²) in [5, 5.41) is 0. The summed E-state index contributed by atoms with van der Waals surface area (Å²) in [4.78, 5) is 2.51. The van der Waals surface area contributed by atoms with Crippen molar-refractivity contribution in [2.75, 3.05) is 33.9 Å². The largest absolute Gasteiger partial charge is 0.493 e. The summed E-state index contributed by atoms with van der Waals surface area (Å²) in [5.41, 5.74) is 2.62. The number of nitrogens with zero attached hydrogens (tertiary/aromatic N) is 1. The molecular weight excluding hydrogens is 274 g/mol. The zero-order valence-electron chi connectivity index (χ0n) is 12.5. The fourth-order valence-electron chi connectivity index (χ4n) is 2.56. The molecule has 0 bridgehead atoms.